The first-order valence-electron chi connectivity index (χ1n) is 10.7. The van der Waals surface area contributed by atoms with Gasteiger partial charge in [0.2, 0.25) is 0 Å². The molecular formula is C25H27FN4O3. The zero-order chi connectivity index (χ0) is 24.3. The van der Waals surface area contributed by atoms with Crippen LogP contribution in [0.25, 0.3) is 0 Å². The van der Waals surface area contributed by atoms with Crippen molar-refractivity contribution in [1.82, 2.24) is 9.13 Å². The number of aryl methyl sites for hydroxylation is 1. The normalized spacial score (nSPS) is 10.7. The quantitative estimate of drug-likeness (QED) is 0.541. The van der Waals surface area contributed by atoms with E-state index in [0.717, 1.165) is 34.8 Å². The van der Waals surface area contributed by atoms with Gasteiger partial charge >= 0.3 is 5.97 Å². The third kappa shape index (κ3) is 4.82. The summed E-state index contributed by atoms with van der Waals surface area (Å²) in [6.45, 7) is 9.95. The Morgan fingerprint density at radius 1 is 1.09 bits per heavy atom. The predicted molar refractivity (Wildman–Crippen MR) is 123 cm³/mol. The zero-order valence-corrected chi connectivity index (χ0v) is 19.5. The van der Waals surface area contributed by atoms with Gasteiger partial charge in [-0.05, 0) is 63.9 Å². The number of rotatable bonds is 7. The molecule has 3 aromatic rings. The van der Waals surface area contributed by atoms with Crippen LogP contribution in [0.15, 0.2) is 30.3 Å². The molecule has 0 saturated heterocycles. The lowest BCUT2D eigenvalue weighted by molar-refractivity contribution is -0.119. The number of carbonyl (C=O) groups excluding carboxylic acids is 2. The van der Waals surface area contributed by atoms with Crippen LogP contribution in [0.4, 0.5) is 10.2 Å². The number of nitrogens with one attached hydrogen (secondary N) is 1. The maximum absolute atomic E-state index is 13.3. The number of halogens is 1. The van der Waals surface area contributed by atoms with Crippen LogP contribution in [0.5, 0.6) is 0 Å². The zero-order valence-electron chi connectivity index (χ0n) is 19.5. The van der Waals surface area contributed by atoms with Crippen molar-refractivity contribution in [3.05, 3.63) is 75.5 Å². The van der Waals surface area contributed by atoms with Crippen LogP contribution in [-0.2, 0) is 22.6 Å². The summed E-state index contributed by atoms with van der Waals surface area (Å²) in [6, 6.07) is 9.90. The van der Waals surface area contributed by atoms with Crippen molar-refractivity contribution in [1.29, 1.82) is 5.26 Å². The van der Waals surface area contributed by atoms with Crippen LogP contribution in [0.2, 0.25) is 0 Å². The molecule has 0 aliphatic heterocycles. The van der Waals surface area contributed by atoms with Crippen molar-refractivity contribution in [2.75, 3.05) is 11.9 Å². The molecule has 7 nitrogen and oxygen atoms in total. The van der Waals surface area contributed by atoms with Crippen LogP contribution in [0.1, 0.15) is 51.1 Å². The van der Waals surface area contributed by atoms with Crippen molar-refractivity contribution < 1.29 is 18.7 Å². The van der Waals surface area contributed by atoms with Gasteiger partial charge in [0.1, 0.15) is 17.7 Å². The molecule has 0 aliphatic carbocycles. The molecule has 3 rings (SSSR count). The molecule has 0 bridgehead atoms. The third-order valence-corrected chi connectivity index (χ3v) is 5.90. The van der Waals surface area contributed by atoms with Gasteiger partial charge in [0.25, 0.3) is 5.91 Å². The molecule has 1 N–H and O–H groups in total. The summed E-state index contributed by atoms with van der Waals surface area (Å²) in [6.07, 6.45) is 0. The summed E-state index contributed by atoms with van der Waals surface area (Å²) in [4.78, 5) is 25.2. The Labute approximate surface area is 192 Å². The standard InChI is InChI=1S/C25H27FN4O3/c1-6-29-15(2)11-21(18(29)5)25(32)33-14-23(31)28-24-22(12-27)16(3)17(4)30(24)13-19-7-9-20(26)10-8-19/h7-11H,6,13-14H2,1-5H3,(H,28,31). The second-order valence-corrected chi connectivity index (χ2v) is 7.91. The van der Waals surface area contributed by atoms with Gasteiger partial charge in [-0.3, -0.25) is 4.79 Å². The Hall–Kier alpha value is -3.86. The minimum atomic E-state index is -0.576. The largest absolute Gasteiger partial charge is 0.452 e. The van der Waals surface area contributed by atoms with Gasteiger partial charge in [-0.1, -0.05) is 12.1 Å². The molecule has 2 heterocycles. The fourth-order valence-corrected chi connectivity index (χ4v) is 3.97. The maximum atomic E-state index is 13.3. The lowest BCUT2D eigenvalue weighted by atomic mass is 10.2. The summed E-state index contributed by atoms with van der Waals surface area (Å²) >= 11 is 0. The van der Waals surface area contributed by atoms with Crippen molar-refractivity contribution in [2.45, 2.75) is 47.7 Å². The van der Waals surface area contributed by atoms with E-state index in [1.165, 1.54) is 12.1 Å². The number of aromatic nitrogens is 2. The molecule has 1 aromatic carbocycles. The van der Waals surface area contributed by atoms with Gasteiger partial charge < -0.3 is 19.2 Å². The Morgan fingerprint density at radius 2 is 1.76 bits per heavy atom. The highest BCUT2D eigenvalue weighted by Gasteiger charge is 2.22. The van der Waals surface area contributed by atoms with Crippen LogP contribution in [-0.4, -0.2) is 27.6 Å². The number of nitriles is 1. The lowest BCUT2D eigenvalue weighted by Gasteiger charge is -2.13. The number of amides is 1. The van der Waals surface area contributed by atoms with E-state index < -0.39 is 18.5 Å². The predicted octanol–water partition coefficient (Wildman–Crippen LogP) is 4.40. The topological polar surface area (TPSA) is 89.1 Å². The van der Waals surface area contributed by atoms with E-state index in [-0.39, 0.29) is 5.82 Å². The molecule has 8 heteroatoms. The second kappa shape index (κ2) is 9.74. The van der Waals surface area contributed by atoms with Crippen LogP contribution < -0.4 is 5.32 Å². The van der Waals surface area contributed by atoms with Crippen molar-refractivity contribution in [3.8, 4) is 6.07 Å². The van der Waals surface area contributed by atoms with Gasteiger partial charge in [0, 0.05) is 30.2 Å². The molecule has 172 valence electrons. The van der Waals surface area contributed by atoms with E-state index in [9.17, 15) is 19.2 Å². The molecule has 33 heavy (non-hydrogen) atoms. The highest BCUT2D eigenvalue weighted by molar-refractivity contribution is 5.96. The highest BCUT2D eigenvalue weighted by Crippen LogP contribution is 2.27. The fourth-order valence-electron chi connectivity index (χ4n) is 3.97. The molecule has 2 aromatic heterocycles. The van der Waals surface area contributed by atoms with Crippen LogP contribution in [0, 0.1) is 44.8 Å². The molecule has 0 spiro atoms. The third-order valence-electron chi connectivity index (χ3n) is 5.90. The van der Waals surface area contributed by atoms with E-state index in [1.54, 1.807) is 29.7 Å². The second-order valence-electron chi connectivity index (χ2n) is 7.91. The molecule has 0 radical (unpaired) electrons. The number of benzene rings is 1. The van der Waals surface area contributed by atoms with Crippen LogP contribution >= 0.6 is 0 Å². The summed E-state index contributed by atoms with van der Waals surface area (Å²) in [5, 5.41) is 12.4. The average molecular weight is 451 g/mol. The summed E-state index contributed by atoms with van der Waals surface area (Å²) in [5.41, 5.74) is 4.83. The van der Waals surface area contributed by atoms with E-state index in [4.69, 9.17) is 4.74 Å². The minimum Gasteiger partial charge on any atom is -0.452 e. The summed E-state index contributed by atoms with van der Waals surface area (Å²) < 4.78 is 22.3. The number of hydrogen-bond acceptors (Lipinski definition) is 4. The van der Waals surface area contributed by atoms with Gasteiger partial charge in [0.05, 0.1) is 11.1 Å². The molecule has 0 saturated carbocycles. The summed E-state index contributed by atoms with van der Waals surface area (Å²) in [5.74, 6) is -1.15. The van der Waals surface area contributed by atoms with Crippen molar-refractivity contribution in [2.24, 2.45) is 0 Å². The van der Waals surface area contributed by atoms with Gasteiger partial charge in [-0.25, -0.2) is 9.18 Å². The molecule has 0 fully saturated rings. The van der Waals surface area contributed by atoms with Gasteiger partial charge in [0.15, 0.2) is 6.61 Å². The Morgan fingerprint density at radius 3 is 2.33 bits per heavy atom. The minimum absolute atomic E-state index is 0.321. The first kappa shape index (κ1) is 23.8. The van der Waals surface area contributed by atoms with E-state index in [0.29, 0.717) is 23.5 Å². The van der Waals surface area contributed by atoms with Gasteiger partial charge in [-0.15, -0.1) is 0 Å². The Bertz CT molecular complexity index is 1250. The first-order chi connectivity index (χ1) is 15.7. The Balaban J connectivity index is 1.77. The van der Waals surface area contributed by atoms with Crippen molar-refractivity contribution >= 4 is 17.7 Å². The maximum Gasteiger partial charge on any atom is 0.340 e. The molecule has 0 atom stereocenters. The average Bonchev–Trinajstić information content (AvgIpc) is 3.20. The van der Waals surface area contributed by atoms with Crippen molar-refractivity contribution in [3.63, 3.8) is 0 Å². The smallest absolute Gasteiger partial charge is 0.340 e. The van der Waals surface area contributed by atoms with Gasteiger partial charge in [-0.2, -0.15) is 5.26 Å². The molecular weight excluding hydrogens is 423 g/mol. The monoisotopic (exact) mass is 450 g/mol. The van der Waals surface area contributed by atoms with Crippen LogP contribution in [0.3, 0.4) is 0 Å². The Kier molecular flexibility index (Phi) is 7.02. The molecule has 1 amide bonds. The highest BCUT2D eigenvalue weighted by atomic mass is 19.1. The van der Waals surface area contributed by atoms with E-state index in [1.807, 2.05) is 32.3 Å². The number of hydrogen-bond donors (Lipinski definition) is 1. The SMILES string of the molecule is CCn1c(C)cc(C(=O)OCC(=O)Nc2c(C#N)c(C)c(C)n2Cc2ccc(F)cc2)c1C. The number of carbonyl (C=O) groups is 2. The molecule has 0 unspecified atom stereocenters. The first-order valence-corrected chi connectivity index (χ1v) is 10.7. The number of ether oxygens (including phenoxy) is 1. The van der Waals surface area contributed by atoms with E-state index >= 15 is 0 Å². The number of esters is 1. The van der Waals surface area contributed by atoms with E-state index in [2.05, 4.69) is 11.4 Å². The molecule has 0 aliphatic rings. The number of nitrogens with zero attached hydrogens (tertiary/aromatic N) is 3. The fraction of sp³-hybridized carbons (Fsp3) is 0.320. The summed E-state index contributed by atoms with van der Waals surface area (Å²) in [7, 11) is 0. The number of anilines is 1. The lowest BCUT2D eigenvalue weighted by Crippen LogP contribution is -2.23.